The van der Waals surface area contributed by atoms with Crippen LogP contribution in [0.1, 0.15) is 17.2 Å². The summed E-state index contributed by atoms with van der Waals surface area (Å²) in [6.07, 6.45) is 0. The minimum Gasteiger partial charge on any atom is -0.271 e. The third-order valence-electron chi connectivity index (χ3n) is 2.76. The fourth-order valence-electron chi connectivity index (χ4n) is 1.82. The maximum Gasteiger partial charge on any atom is 0.194 e. The van der Waals surface area contributed by atoms with Crippen molar-refractivity contribution in [3.8, 4) is 0 Å². The van der Waals surface area contributed by atoms with Gasteiger partial charge in [-0.05, 0) is 17.7 Å². The van der Waals surface area contributed by atoms with E-state index in [1.54, 1.807) is 24.3 Å². The van der Waals surface area contributed by atoms with Crippen molar-refractivity contribution in [2.45, 2.75) is 6.04 Å². The van der Waals surface area contributed by atoms with E-state index >= 15 is 0 Å². The molecule has 2 aromatic rings. The molecule has 0 heterocycles. The van der Waals surface area contributed by atoms with Gasteiger partial charge in [-0.2, -0.15) is 0 Å². The monoisotopic (exact) mass is 330 g/mol. The van der Waals surface area contributed by atoms with Gasteiger partial charge < -0.3 is 0 Å². The Bertz CT molecular complexity index is 604. The first-order valence-electron chi connectivity index (χ1n) is 5.40. The van der Waals surface area contributed by atoms with Gasteiger partial charge in [0.2, 0.25) is 0 Å². The summed E-state index contributed by atoms with van der Waals surface area (Å²) in [7, 11) is 0. The Kier molecular flexibility index (Phi) is 4.24. The van der Waals surface area contributed by atoms with Crippen LogP contribution in [0.25, 0.3) is 0 Å². The second kappa shape index (κ2) is 5.73. The standard InChI is InChI=1S/C13H10BrF3N2/c14-9-4-2-1-3-7(9)13(19-18)8-5-6-10(15)12(17)11(8)16/h1-6,13,19H,18H2. The molecule has 0 aliphatic carbocycles. The van der Waals surface area contributed by atoms with Gasteiger partial charge in [0.05, 0.1) is 6.04 Å². The lowest BCUT2D eigenvalue weighted by atomic mass is 9.98. The van der Waals surface area contributed by atoms with E-state index in [2.05, 4.69) is 21.4 Å². The van der Waals surface area contributed by atoms with Crippen LogP contribution in [0.2, 0.25) is 0 Å². The van der Waals surface area contributed by atoms with Crippen molar-refractivity contribution in [3.63, 3.8) is 0 Å². The van der Waals surface area contributed by atoms with Gasteiger partial charge in [0, 0.05) is 10.0 Å². The van der Waals surface area contributed by atoms with Crippen molar-refractivity contribution in [2.75, 3.05) is 0 Å². The molecule has 0 aliphatic rings. The molecule has 3 N–H and O–H groups in total. The molecule has 0 aromatic heterocycles. The van der Waals surface area contributed by atoms with Gasteiger partial charge in [0.15, 0.2) is 17.5 Å². The van der Waals surface area contributed by atoms with Gasteiger partial charge in [-0.3, -0.25) is 5.84 Å². The zero-order valence-electron chi connectivity index (χ0n) is 9.63. The summed E-state index contributed by atoms with van der Waals surface area (Å²) in [5.41, 5.74) is 2.96. The average molecular weight is 331 g/mol. The first kappa shape index (κ1) is 14.0. The first-order chi connectivity index (χ1) is 9.06. The Balaban J connectivity index is 2.55. The molecular weight excluding hydrogens is 321 g/mol. The predicted molar refractivity (Wildman–Crippen MR) is 69.6 cm³/mol. The van der Waals surface area contributed by atoms with Gasteiger partial charge in [0.25, 0.3) is 0 Å². The molecule has 0 amide bonds. The molecule has 0 aliphatic heterocycles. The molecule has 0 bridgehead atoms. The molecule has 2 aromatic carbocycles. The number of nitrogens with two attached hydrogens (primary N) is 1. The highest BCUT2D eigenvalue weighted by molar-refractivity contribution is 9.10. The highest BCUT2D eigenvalue weighted by Gasteiger charge is 2.22. The van der Waals surface area contributed by atoms with E-state index in [4.69, 9.17) is 5.84 Å². The van der Waals surface area contributed by atoms with Gasteiger partial charge >= 0.3 is 0 Å². The summed E-state index contributed by atoms with van der Waals surface area (Å²) < 4.78 is 40.7. The number of nitrogens with one attached hydrogen (secondary N) is 1. The maximum atomic E-state index is 13.8. The molecule has 6 heteroatoms. The Morgan fingerprint density at radius 1 is 0.947 bits per heavy atom. The normalized spacial score (nSPS) is 12.5. The van der Waals surface area contributed by atoms with Crippen LogP contribution >= 0.6 is 15.9 Å². The maximum absolute atomic E-state index is 13.8. The summed E-state index contributed by atoms with van der Waals surface area (Å²) in [6, 6.07) is 8.22. The second-order valence-corrected chi connectivity index (χ2v) is 4.74. The molecular formula is C13H10BrF3N2. The fourth-order valence-corrected chi connectivity index (χ4v) is 2.33. The van der Waals surface area contributed by atoms with Crippen LogP contribution in [-0.2, 0) is 0 Å². The molecule has 0 saturated heterocycles. The Morgan fingerprint density at radius 3 is 2.26 bits per heavy atom. The van der Waals surface area contributed by atoms with Crippen LogP contribution in [-0.4, -0.2) is 0 Å². The van der Waals surface area contributed by atoms with Crippen molar-refractivity contribution < 1.29 is 13.2 Å². The van der Waals surface area contributed by atoms with Crippen molar-refractivity contribution in [1.82, 2.24) is 5.43 Å². The predicted octanol–water partition coefficient (Wildman–Crippen LogP) is 3.42. The highest BCUT2D eigenvalue weighted by Crippen LogP contribution is 2.30. The average Bonchev–Trinajstić information content (AvgIpc) is 2.41. The van der Waals surface area contributed by atoms with E-state index in [0.29, 0.717) is 10.0 Å². The Morgan fingerprint density at radius 2 is 1.63 bits per heavy atom. The van der Waals surface area contributed by atoms with Gasteiger partial charge in [0.1, 0.15) is 0 Å². The van der Waals surface area contributed by atoms with E-state index < -0.39 is 23.5 Å². The van der Waals surface area contributed by atoms with Crippen LogP contribution in [0.5, 0.6) is 0 Å². The van der Waals surface area contributed by atoms with Crippen molar-refractivity contribution in [1.29, 1.82) is 0 Å². The number of halogens is 4. The van der Waals surface area contributed by atoms with Gasteiger partial charge in [-0.15, -0.1) is 0 Å². The first-order valence-corrected chi connectivity index (χ1v) is 6.19. The third-order valence-corrected chi connectivity index (χ3v) is 3.48. The molecule has 1 unspecified atom stereocenters. The minimum absolute atomic E-state index is 0.0618. The number of hydrogen-bond acceptors (Lipinski definition) is 2. The van der Waals surface area contributed by atoms with Crippen LogP contribution in [0.15, 0.2) is 40.9 Å². The van der Waals surface area contributed by atoms with Crippen molar-refractivity contribution in [2.24, 2.45) is 5.84 Å². The number of rotatable bonds is 3. The topological polar surface area (TPSA) is 38.0 Å². The smallest absolute Gasteiger partial charge is 0.194 e. The molecule has 19 heavy (non-hydrogen) atoms. The van der Waals surface area contributed by atoms with Crippen molar-refractivity contribution in [3.05, 3.63) is 69.4 Å². The van der Waals surface area contributed by atoms with Crippen LogP contribution in [0, 0.1) is 17.5 Å². The molecule has 0 radical (unpaired) electrons. The van der Waals surface area contributed by atoms with Crippen LogP contribution < -0.4 is 11.3 Å². The SMILES string of the molecule is NNC(c1ccccc1Br)c1ccc(F)c(F)c1F. The summed E-state index contributed by atoms with van der Waals surface area (Å²) >= 11 is 3.31. The lowest BCUT2D eigenvalue weighted by Crippen LogP contribution is -2.30. The van der Waals surface area contributed by atoms with Gasteiger partial charge in [-0.25, -0.2) is 18.6 Å². The summed E-state index contributed by atoms with van der Waals surface area (Å²) in [5.74, 6) is 1.42. The van der Waals surface area contributed by atoms with E-state index in [1.807, 2.05) is 0 Å². The quantitative estimate of drug-likeness (QED) is 0.514. The lowest BCUT2D eigenvalue weighted by Gasteiger charge is -2.19. The molecule has 100 valence electrons. The Labute approximate surface area is 116 Å². The minimum atomic E-state index is -1.51. The summed E-state index contributed by atoms with van der Waals surface area (Å²) in [6.45, 7) is 0. The summed E-state index contributed by atoms with van der Waals surface area (Å²) in [4.78, 5) is 0. The van der Waals surface area contributed by atoms with Crippen LogP contribution in [0.3, 0.4) is 0 Å². The highest BCUT2D eigenvalue weighted by atomic mass is 79.9. The molecule has 2 nitrogen and oxygen atoms in total. The zero-order valence-corrected chi connectivity index (χ0v) is 11.2. The molecule has 1 atom stereocenters. The summed E-state index contributed by atoms with van der Waals surface area (Å²) in [5, 5.41) is 0. The lowest BCUT2D eigenvalue weighted by molar-refractivity contribution is 0.433. The van der Waals surface area contributed by atoms with E-state index in [0.717, 1.165) is 12.1 Å². The molecule has 0 spiro atoms. The molecule has 0 saturated carbocycles. The van der Waals surface area contributed by atoms with E-state index in [9.17, 15) is 13.2 Å². The van der Waals surface area contributed by atoms with E-state index in [-0.39, 0.29) is 5.56 Å². The molecule has 2 rings (SSSR count). The number of benzene rings is 2. The second-order valence-electron chi connectivity index (χ2n) is 3.89. The van der Waals surface area contributed by atoms with Gasteiger partial charge in [-0.1, -0.05) is 40.2 Å². The number of hydrazine groups is 1. The van der Waals surface area contributed by atoms with E-state index in [1.165, 1.54) is 0 Å². The zero-order chi connectivity index (χ0) is 14.0. The molecule has 0 fully saturated rings. The number of hydrogen-bond donors (Lipinski definition) is 2. The Hall–Kier alpha value is -1.37. The largest absolute Gasteiger partial charge is 0.271 e. The van der Waals surface area contributed by atoms with Crippen molar-refractivity contribution >= 4 is 15.9 Å². The fraction of sp³-hybridized carbons (Fsp3) is 0.0769. The third kappa shape index (κ3) is 2.65. The van der Waals surface area contributed by atoms with Crippen LogP contribution in [0.4, 0.5) is 13.2 Å².